The maximum atomic E-state index is 13.4. The molecular weight excluding hydrogens is 335 g/mol. The lowest BCUT2D eigenvalue weighted by Crippen LogP contribution is -2.16. The van der Waals surface area contributed by atoms with E-state index < -0.39 is 6.10 Å². The van der Waals surface area contributed by atoms with Crippen LogP contribution in [0.4, 0.5) is 4.39 Å². The molecule has 0 amide bonds. The number of para-hydroxylation sites is 1. The molecule has 0 radical (unpaired) electrons. The highest BCUT2D eigenvalue weighted by molar-refractivity contribution is 9.10. The van der Waals surface area contributed by atoms with Gasteiger partial charge in [0.2, 0.25) is 0 Å². The minimum absolute atomic E-state index is 0.229. The van der Waals surface area contributed by atoms with Gasteiger partial charge in [-0.15, -0.1) is 0 Å². The van der Waals surface area contributed by atoms with Gasteiger partial charge in [0.15, 0.2) is 0 Å². The lowest BCUT2D eigenvalue weighted by atomic mass is 9.86. The molecule has 2 atom stereocenters. The van der Waals surface area contributed by atoms with Crippen molar-refractivity contribution in [2.24, 2.45) is 0 Å². The van der Waals surface area contributed by atoms with Gasteiger partial charge in [-0.1, -0.05) is 34.1 Å². The Morgan fingerprint density at radius 1 is 1.29 bits per heavy atom. The monoisotopic (exact) mass is 350 g/mol. The Balaban J connectivity index is 1.81. The second-order valence-corrected chi connectivity index (χ2v) is 6.24. The average Bonchev–Trinajstić information content (AvgIpc) is 2.46. The first kappa shape index (κ1) is 14.5. The van der Waals surface area contributed by atoms with Crippen molar-refractivity contribution in [3.05, 3.63) is 63.9 Å². The highest BCUT2D eigenvalue weighted by Gasteiger charge is 2.24. The minimum atomic E-state index is -0.687. The molecule has 1 heterocycles. The maximum absolute atomic E-state index is 13.4. The summed E-state index contributed by atoms with van der Waals surface area (Å²) in [7, 11) is 0. The SMILES string of the molecule is OC(CC1CCOc2ccccc21)c1cc(F)cc(Br)c1. The van der Waals surface area contributed by atoms with Gasteiger partial charge in [-0.2, -0.15) is 0 Å². The Morgan fingerprint density at radius 3 is 2.90 bits per heavy atom. The van der Waals surface area contributed by atoms with E-state index in [1.54, 1.807) is 6.07 Å². The van der Waals surface area contributed by atoms with E-state index in [1.165, 1.54) is 12.1 Å². The van der Waals surface area contributed by atoms with Gasteiger partial charge in [0.05, 0.1) is 12.7 Å². The smallest absolute Gasteiger partial charge is 0.124 e. The molecule has 3 rings (SSSR count). The van der Waals surface area contributed by atoms with E-state index in [2.05, 4.69) is 15.9 Å². The Labute approximate surface area is 131 Å². The predicted molar refractivity (Wildman–Crippen MR) is 83.0 cm³/mol. The molecule has 0 aliphatic carbocycles. The van der Waals surface area contributed by atoms with Crippen molar-refractivity contribution >= 4 is 15.9 Å². The third-order valence-corrected chi connectivity index (χ3v) is 4.32. The van der Waals surface area contributed by atoms with Gasteiger partial charge in [-0.3, -0.25) is 0 Å². The lowest BCUT2D eigenvalue weighted by molar-refractivity contribution is 0.144. The number of ether oxygens (including phenoxy) is 1. The van der Waals surface area contributed by atoms with Crippen LogP contribution in [0.2, 0.25) is 0 Å². The van der Waals surface area contributed by atoms with Gasteiger partial charge in [-0.05, 0) is 54.2 Å². The Bertz CT molecular complexity index is 624. The van der Waals surface area contributed by atoms with Crippen LogP contribution >= 0.6 is 15.9 Å². The van der Waals surface area contributed by atoms with Crippen LogP contribution in [0, 0.1) is 5.82 Å². The van der Waals surface area contributed by atoms with Crippen molar-refractivity contribution in [1.82, 2.24) is 0 Å². The Kier molecular flexibility index (Phi) is 4.27. The molecule has 1 N–H and O–H groups in total. The van der Waals surface area contributed by atoms with Crippen LogP contribution in [-0.4, -0.2) is 11.7 Å². The van der Waals surface area contributed by atoms with Gasteiger partial charge >= 0.3 is 0 Å². The van der Waals surface area contributed by atoms with Crippen molar-refractivity contribution in [2.45, 2.75) is 24.9 Å². The van der Waals surface area contributed by atoms with Crippen molar-refractivity contribution < 1.29 is 14.2 Å². The van der Waals surface area contributed by atoms with Crippen molar-refractivity contribution in [3.8, 4) is 5.75 Å². The van der Waals surface area contributed by atoms with Gasteiger partial charge in [0.25, 0.3) is 0 Å². The number of hydrogen-bond acceptors (Lipinski definition) is 2. The van der Waals surface area contributed by atoms with Crippen LogP contribution < -0.4 is 4.74 Å². The molecule has 0 aromatic heterocycles. The fraction of sp³-hybridized carbons (Fsp3) is 0.294. The number of hydrogen-bond donors (Lipinski definition) is 1. The van der Waals surface area contributed by atoms with Crippen LogP contribution in [-0.2, 0) is 0 Å². The van der Waals surface area contributed by atoms with Crippen molar-refractivity contribution in [3.63, 3.8) is 0 Å². The van der Waals surface area contributed by atoms with E-state index in [0.29, 0.717) is 23.1 Å². The standard InChI is InChI=1S/C17H16BrFO2/c18-13-7-12(8-14(19)10-13)16(20)9-11-5-6-21-17-4-2-1-3-15(11)17/h1-4,7-8,10-11,16,20H,5-6,9H2. The summed E-state index contributed by atoms with van der Waals surface area (Å²) in [5, 5.41) is 10.4. The summed E-state index contributed by atoms with van der Waals surface area (Å²) in [5.74, 6) is 0.777. The zero-order chi connectivity index (χ0) is 14.8. The summed E-state index contributed by atoms with van der Waals surface area (Å²) < 4.78 is 19.7. The zero-order valence-corrected chi connectivity index (χ0v) is 13.0. The summed E-state index contributed by atoms with van der Waals surface area (Å²) in [4.78, 5) is 0. The second-order valence-electron chi connectivity index (χ2n) is 5.33. The highest BCUT2D eigenvalue weighted by Crippen LogP contribution is 2.39. The fourth-order valence-electron chi connectivity index (χ4n) is 2.83. The van der Waals surface area contributed by atoms with E-state index >= 15 is 0 Å². The van der Waals surface area contributed by atoms with Gasteiger partial charge < -0.3 is 9.84 Å². The number of benzene rings is 2. The molecule has 4 heteroatoms. The van der Waals surface area contributed by atoms with Crippen LogP contribution in [0.15, 0.2) is 46.9 Å². The van der Waals surface area contributed by atoms with Crippen molar-refractivity contribution in [1.29, 1.82) is 0 Å². The topological polar surface area (TPSA) is 29.5 Å². The quantitative estimate of drug-likeness (QED) is 0.877. The van der Waals surface area contributed by atoms with Crippen LogP contribution in [0.1, 0.15) is 36.0 Å². The van der Waals surface area contributed by atoms with E-state index in [-0.39, 0.29) is 11.7 Å². The normalized spacial score (nSPS) is 18.7. The van der Waals surface area contributed by atoms with Crippen LogP contribution in [0.25, 0.3) is 0 Å². The third kappa shape index (κ3) is 3.27. The number of rotatable bonds is 3. The maximum Gasteiger partial charge on any atom is 0.124 e. The molecule has 110 valence electrons. The summed E-state index contributed by atoms with van der Waals surface area (Å²) in [6.45, 7) is 0.654. The molecular formula is C17H16BrFO2. The minimum Gasteiger partial charge on any atom is -0.493 e. The molecule has 2 unspecified atom stereocenters. The van der Waals surface area contributed by atoms with E-state index in [9.17, 15) is 9.50 Å². The molecule has 0 bridgehead atoms. The van der Waals surface area contributed by atoms with E-state index in [4.69, 9.17) is 4.74 Å². The molecule has 0 saturated carbocycles. The summed E-state index contributed by atoms with van der Waals surface area (Å²) in [5.41, 5.74) is 1.73. The first-order chi connectivity index (χ1) is 10.1. The number of aliphatic hydroxyl groups is 1. The first-order valence-corrected chi connectivity index (χ1v) is 7.78. The predicted octanol–water partition coefficient (Wildman–Crippen LogP) is 4.58. The number of halogens is 2. The van der Waals surface area contributed by atoms with Crippen molar-refractivity contribution in [2.75, 3.05) is 6.61 Å². The third-order valence-electron chi connectivity index (χ3n) is 3.86. The Morgan fingerprint density at radius 2 is 2.10 bits per heavy atom. The fourth-order valence-corrected chi connectivity index (χ4v) is 3.32. The van der Waals surface area contributed by atoms with Crippen LogP contribution in [0.5, 0.6) is 5.75 Å². The average molecular weight is 351 g/mol. The van der Waals surface area contributed by atoms with Crippen LogP contribution in [0.3, 0.4) is 0 Å². The van der Waals surface area contributed by atoms with E-state index in [1.807, 2.05) is 24.3 Å². The molecule has 0 fully saturated rings. The molecule has 1 aliphatic heterocycles. The van der Waals surface area contributed by atoms with Gasteiger partial charge in [0, 0.05) is 4.47 Å². The molecule has 1 aliphatic rings. The molecule has 0 spiro atoms. The highest BCUT2D eigenvalue weighted by atomic mass is 79.9. The molecule has 0 saturated heterocycles. The summed E-state index contributed by atoms with van der Waals surface area (Å²) in [6.07, 6.45) is 0.744. The molecule has 2 nitrogen and oxygen atoms in total. The summed E-state index contributed by atoms with van der Waals surface area (Å²) >= 11 is 3.26. The molecule has 21 heavy (non-hydrogen) atoms. The molecule has 2 aromatic rings. The largest absolute Gasteiger partial charge is 0.493 e. The van der Waals surface area contributed by atoms with E-state index in [0.717, 1.165) is 17.7 Å². The van der Waals surface area contributed by atoms with Gasteiger partial charge in [0.1, 0.15) is 11.6 Å². The summed E-state index contributed by atoms with van der Waals surface area (Å²) in [6, 6.07) is 12.5. The number of fused-ring (bicyclic) bond motifs is 1. The zero-order valence-electron chi connectivity index (χ0n) is 11.4. The number of aliphatic hydroxyl groups excluding tert-OH is 1. The van der Waals surface area contributed by atoms with Gasteiger partial charge in [-0.25, -0.2) is 4.39 Å². The lowest BCUT2D eigenvalue weighted by Gasteiger charge is -2.27. The second kappa shape index (κ2) is 6.16. The first-order valence-electron chi connectivity index (χ1n) is 6.99. The molecule has 2 aromatic carbocycles. The Hall–Kier alpha value is -1.39.